The van der Waals surface area contributed by atoms with Gasteiger partial charge in [-0.15, -0.1) is 0 Å². The van der Waals surface area contributed by atoms with Crippen LogP contribution < -0.4 is 5.32 Å². The van der Waals surface area contributed by atoms with Gasteiger partial charge < -0.3 is 10.4 Å². The van der Waals surface area contributed by atoms with Crippen molar-refractivity contribution in [2.75, 3.05) is 13.2 Å². The second-order valence-corrected chi connectivity index (χ2v) is 3.79. The van der Waals surface area contributed by atoms with E-state index in [1.54, 1.807) is 24.4 Å². The van der Waals surface area contributed by atoms with Crippen LogP contribution in [0.15, 0.2) is 18.2 Å². The number of nitrogens with one attached hydrogen (secondary N) is 1. The summed E-state index contributed by atoms with van der Waals surface area (Å²) in [4.78, 5) is 11.6. The summed E-state index contributed by atoms with van der Waals surface area (Å²) in [6.45, 7) is -0.0902. The lowest BCUT2D eigenvalue weighted by Crippen LogP contribution is -2.34. The van der Waals surface area contributed by atoms with E-state index in [1.807, 2.05) is 0 Å². The van der Waals surface area contributed by atoms with Crippen molar-refractivity contribution in [2.24, 2.45) is 0 Å². The quantitative estimate of drug-likeness (QED) is 0.803. The average molecular weight is 271 g/mol. The number of aliphatic hydroxyl groups excluding tert-OH is 1. The predicted octanol–water partition coefficient (Wildman–Crippen LogP) is 1.63. The molecular formula is C13H12F3NO2. The average Bonchev–Trinajstić information content (AvgIpc) is 2.34. The van der Waals surface area contributed by atoms with E-state index in [2.05, 4.69) is 11.8 Å². The molecule has 0 aliphatic heterocycles. The van der Waals surface area contributed by atoms with E-state index in [0.29, 0.717) is 11.1 Å². The molecule has 0 aliphatic carbocycles. The van der Waals surface area contributed by atoms with Crippen LogP contribution in [-0.2, 0) is 0 Å². The Hall–Kier alpha value is -2.00. The molecule has 0 unspecified atom stereocenters. The van der Waals surface area contributed by atoms with E-state index in [9.17, 15) is 18.0 Å². The Kier molecular flexibility index (Phi) is 4.95. The SMILES string of the molecule is Cc1ccc(C#CCO)cc1C(=O)NCC(F)(F)F. The Labute approximate surface area is 108 Å². The van der Waals surface area contributed by atoms with Crippen LogP contribution in [0.3, 0.4) is 0 Å². The van der Waals surface area contributed by atoms with Crippen molar-refractivity contribution < 1.29 is 23.1 Å². The van der Waals surface area contributed by atoms with Gasteiger partial charge in [0.25, 0.3) is 5.91 Å². The number of carbonyl (C=O) groups is 1. The van der Waals surface area contributed by atoms with Gasteiger partial charge in [-0.05, 0) is 24.6 Å². The Morgan fingerprint density at radius 3 is 2.68 bits per heavy atom. The molecule has 102 valence electrons. The Morgan fingerprint density at radius 2 is 2.11 bits per heavy atom. The molecule has 6 heteroatoms. The minimum absolute atomic E-state index is 0.133. The third-order valence-corrected chi connectivity index (χ3v) is 2.24. The molecule has 0 saturated carbocycles. The molecule has 1 rings (SSSR count). The minimum Gasteiger partial charge on any atom is -0.384 e. The number of alkyl halides is 3. The Bertz CT molecular complexity index is 527. The van der Waals surface area contributed by atoms with Crippen LogP contribution in [0.1, 0.15) is 21.5 Å². The summed E-state index contributed by atoms with van der Waals surface area (Å²) in [6, 6.07) is 4.60. The highest BCUT2D eigenvalue weighted by Gasteiger charge is 2.28. The molecule has 2 N–H and O–H groups in total. The molecule has 1 amide bonds. The summed E-state index contributed by atoms with van der Waals surface area (Å²) < 4.78 is 36.0. The van der Waals surface area contributed by atoms with Crippen molar-refractivity contribution in [2.45, 2.75) is 13.1 Å². The van der Waals surface area contributed by atoms with Crippen molar-refractivity contribution >= 4 is 5.91 Å². The van der Waals surface area contributed by atoms with E-state index < -0.39 is 18.6 Å². The summed E-state index contributed by atoms with van der Waals surface area (Å²) in [5, 5.41) is 10.4. The molecule has 0 heterocycles. The van der Waals surface area contributed by atoms with Crippen LogP contribution in [0.4, 0.5) is 13.2 Å². The van der Waals surface area contributed by atoms with Gasteiger partial charge in [0.1, 0.15) is 13.2 Å². The fraction of sp³-hybridized carbons (Fsp3) is 0.308. The number of aryl methyl sites for hydroxylation is 1. The molecule has 0 bridgehead atoms. The normalized spacial score (nSPS) is 10.6. The molecule has 1 aromatic rings. The lowest BCUT2D eigenvalue weighted by atomic mass is 10.0. The smallest absolute Gasteiger partial charge is 0.384 e. The maximum atomic E-state index is 12.0. The Morgan fingerprint density at radius 1 is 1.42 bits per heavy atom. The molecule has 0 aliphatic rings. The van der Waals surface area contributed by atoms with Gasteiger partial charge in [-0.2, -0.15) is 13.2 Å². The van der Waals surface area contributed by atoms with Crippen LogP contribution in [-0.4, -0.2) is 30.3 Å². The van der Waals surface area contributed by atoms with Gasteiger partial charge >= 0.3 is 6.18 Å². The van der Waals surface area contributed by atoms with Gasteiger partial charge in [-0.25, -0.2) is 0 Å². The molecule has 0 spiro atoms. The number of aliphatic hydroxyl groups is 1. The first kappa shape index (κ1) is 15.1. The van der Waals surface area contributed by atoms with Crippen LogP contribution >= 0.6 is 0 Å². The summed E-state index contributed by atoms with van der Waals surface area (Å²) in [6.07, 6.45) is -4.45. The number of carbonyl (C=O) groups excluding carboxylic acids is 1. The largest absolute Gasteiger partial charge is 0.405 e. The number of hydrogen-bond acceptors (Lipinski definition) is 2. The van der Waals surface area contributed by atoms with E-state index in [1.165, 1.54) is 6.07 Å². The van der Waals surface area contributed by atoms with Crippen LogP contribution in [0.2, 0.25) is 0 Å². The first-order valence-corrected chi connectivity index (χ1v) is 5.39. The summed E-state index contributed by atoms with van der Waals surface area (Å²) in [5.41, 5.74) is 1.14. The lowest BCUT2D eigenvalue weighted by molar-refractivity contribution is -0.123. The summed E-state index contributed by atoms with van der Waals surface area (Å²) >= 11 is 0. The molecule has 19 heavy (non-hydrogen) atoms. The molecule has 0 radical (unpaired) electrons. The van der Waals surface area contributed by atoms with E-state index in [-0.39, 0.29) is 12.2 Å². The molecule has 0 aromatic heterocycles. The number of halogens is 3. The summed E-state index contributed by atoms with van der Waals surface area (Å²) in [5.74, 6) is 4.18. The van der Waals surface area contributed by atoms with Gasteiger partial charge in [0.15, 0.2) is 0 Å². The molecular weight excluding hydrogens is 259 g/mol. The standard InChI is InChI=1S/C13H12F3NO2/c1-9-4-5-10(3-2-6-18)7-11(9)12(19)17-8-13(14,15)16/h4-5,7,18H,6,8H2,1H3,(H,17,19). The van der Waals surface area contributed by atoms with E-state index in [0.717, 1.165) is 0 Å². The van der Waals surface area contributed by atoms with Crippen LogP contribution in [0.25, 0.3) is 0 Å². The predicted molar refractivity (Wildman–Crippen MR) is 63.5 cm³/mol. The molecule has 0 saturated heterocycles. The molecule has 0 atom stereocenters. The maximum Gasteiger partial charge on any atom is 0.405 e. The second kappa shape index (κ2) is 6.25. The molecule has 1 aromatic carbocycles. The minimum atomic E-state index is -4.45. The molecule has 3 nitrogen and oxygen atoms in total. The third kappa shape index (κ3) is 5.02. The first-order chi connectivity index (χ1) is 8.83. The van der Waals surface area contributed by atoms with Gasteiger partial charge in [-0.3, -0.25) is 4.79 Å². The number of hydrogen-bond donors (Lipinski definition) is 2. The topological polar surface area (TPSA) is 49.3 Å². The zero-order valence-electron chi connectivity index (χ0n) is 10.1. The van der Waals surface area contributed by atoms with Gasteiger partial charge in [-0.1, -0.05) is 17.9 Å². The van der Waals surface area contributed by atoms with Gasteiger partial charge in [0.2, 0.25) is 0 Å². The fourth-order valence-corrected chi connectivity index (χ4v) is 1.36. The summed E-state index contributed by atoms with van der Waals surface area (Å²) in [7, 11) is 0. The zero-order valence-corrected chi connectivity index (χ0v) is 10.1. The highest BCUT2D eigenvalue weighted by atomic mass is 19.4. The van der Waals surface area contributed by atoms with Crippen LogP contribution in [0, 0.1) is 18.8 Å². The number of amides is 1. The van der Waals surface area contributed by atoms with Crippen molar-refractivity contribution in [3.05, 3.63) is 34.9 Å². The maximum absolute atomic E-state index is 12.0. The van der Waals surface area contributed by atoms with Crippen molar-refractivity contribution in [3.8, 4) is 11.8 Å². The second-order valence-electron chi connectivity index (χ2n) is 3.79. The zero-order chi connectivity index (χ0) is 14.5. The molecule has 0 fully saturated rings. The monoisotopic (exact) mass is 271 g/mol. The van der Waals surface area contributed by atoms with Crippen molar-refractivity contribution in [1.29, 1.82) is 0 Å². The third-order valence-electron chi connectivity index (χ3n) is 2.24. The van der Waals surface area contributed by atoms with E-state index in [4.69, 9.17) is 5.11 Å². The first-order valence-electron chi connectivity index (χ1n) is 5.39. The van der Waals surface area contributed by atoms with Crippen molar-refractivity contribution in [3.63, 3.8) is 0 Å². The van der Waals surface area contributed by atoms with Gasteiger partial charge in [0, 0.05) is 11.1 Å². The lowest BCUT2D eigenvalue weighted by Gasteiger charge is -2.10. The number of benzene rings is 1. The van der Waals surface area contributed by atoms with Crippen LogP contribution in [0.5, 0.6) is 0 Å². The highest BCUT2D eigenvalue weighted by molar-refractivity contribution is 5.96. The number of rotatable bonds is 2. The van der Waals surface area contributed by atoms with Crippen molar-refractivity contribution in [1.82, 2.24) is 5.32 Å². The highest BCUT2D eigenvalue weighted by Crippen LogP contribution is 2.14. The Balaban J connectivity index is 2.89. The fourth-order valence-electron chi connectivity index (χ4n) is 1.36. The van der Waals surface area contributed by atoms with E-state index >= 15 is 0 Å². The van der Waals surface area contributed by atoms with Gasteiger partial charge in [0.05, 0.1) is 0 Å².